The van der Waals surface area contributed by atoms with Crippen LogP contribution in [0, 0.1) is 18.8 Å². The Morgan fingerprint density at radius 3 is 2.38 bits per heavy atom. The van der Waals surface area contributed by atoms with Gasteiger partial charge in [-0.05, 0) is 43.2 Å². The highest BCUT2D eigenvalue weighted by molar-refractivity contribution is 7.89. The summed E-state index contributed by atoms with van der Waals surface area (Å²) in [6.45, 7) is 7.91. The molecule has 0 saturated heterocycles. The number of sulfonamides is 1. The highest BCUT2D eigenvalue weighted by Crippen LogP contribution is 2.16. The minimum absolute atomic E-state index is 0.126. The van der Waals surface area contributed by atoms with Crippen molar-refractivity contribution in [1.29, 1.82) is 0 Å². The van der Waals surface area contributed by atoms with Gasteiger partial charge >= 0.3 is 0 Å². The Morgan fingerprint density at radius 1 is 1.12 bits per heavy atom. The summed E-state index contributed by atoms with van der Waals surface area (Å²) in [7, 11) is -1.99. The molecule has 0 saturated carbocycles. The molecule has 0 bridgehead atoms. The topological polar surface area (TPSA) is 37.4 Å². The van der Waals surface area contributed by atoms with Gasteiger partial charge < -0.3 is 0 Å². The van der Waals surface area contributed by atoms with E-state index in [2.05, 4.69) is 18.4 Å². The van der Waals surface area contributed by atoms with Gasteiger partial charge in [-0.25, -0.2) is 8.42 Å². The maximum atomic E-state index is 12.5. The van der Waals surface area contributed by atoms with Crippen LogP contribution in [0.3, 0.4) is 0 Å². The molecule has 0 radical (unpaired) electrons. The SMILES string of the molecule is C=C(C)c1ccccc1C#CCN(C)S(=O)(=O)c1ccc(C)cc1. The molecule has 0 aliphatic rings. The van der Waals surface area contributed by atoms with E-state index < -0.39 is 10.0 Å². The van der Waals surface area contributed by atoms with Crippen LogP contribution in [-0.2, 0) is 10.0 Å². The van der Waals surface area contributed by atoms with Gasteiger partial charge in [-0.3, -0.25) is 0 Å². The molecule has 0 aromatic heterocycles. The predicted octanol–water partition coefficient (Wildman–Crippen LogP) is 3.70. The van der Waals surface area contributed by atoms with Gasteiger partial charge in [0.1, 0.15) is 0 Å². The first-order valence-corrected chi connectivity index (χ1v) is 9.03. The van der Waals surface area contributed by atoms with Crippen molar-refractivity contribution >= 4 is 15.6 Å². The fourth-order valence-electron chi connectivity index (χ4n) is 2.19. The van der Waals surface area contributed by atoms with Crippen molar-refractivity contribution in [3.63, 3.8) is 0 Å². The van der Waals surface area contributed by atoms with E-state index in [0.717, 1.165) is 22.3 Å². The first-order valence-electron chi connectivity index (χ1n) is 7.59. The molecule has 0 unspecified atom stereocenters. The van der Waals surface area contributed by atoms with E-state index in [1.807, 2.05) is 38.1 Å². The number of benzene rings is 2. The van der Waals surface area contributed by atoms with E-state index >= 15 is 0 Å². The molecule has 0 N–H and O–H groups in total. The Hall–Kier alpha value is -2.35. The van der Waals surface area contributed by atoms with Gasteiger partial charge in [0.15, 0.2) is 0 Å². The van der Waals surface area contributed by atoms with E-state index in [0.29, 0.717) is 0 Å². The van der Waals surface area contributed by atoms with Crippen LogP contribution in [0.25, 0.3) is 5.57 Å². The van der Waals surface area contributed by atoms with Gasteiger partial charge in [-0.2, -0.15) is 4.31 Å². The maximum Gasteiger partial charge on any atom is 0.243 e. The smallest absolute Gasteiger partial charge is 0.207 e. The maximum absolute atomic E-state index is 12.5. The third-order valence-corrected chi connectivity index (χ3v) is 5.46. The Morgan fingerprint density at radius 2 is 1.75 bits per heavy atom. The van der Waals surface area contributed by atoms with Gasteiger partial charge in [0.2, 0.25) is 10.0 Å². The van der Waals surface area contributed by atoms with Crippen LogP contribution < -0.4 is 0 Å². The van der Waals surface area contributed by atoms with E-state index in [1.54, 1.807) is 24.3 Å². The first kappa shape index (κ1) is 18.0. The zero-order chi connectivity index (χ0) is 17.7. The second-order valence-corrected chi connectivity index (χ2v) is 7.75. The molecule has 0 heterocycles. The van der Waals surface area contributed by atoms with Crippen LogP contribution >= 0.6 is 0 Å². The minimum atomic E-state index is -3.52. The summed E-state index contributed by atoms with van der Waals surface area (Å²) in [5, 5.41) is 0. The number of hydrogen-bond donors (Lipinski definition) is 0. The highest BCUT2D eigenvalue weighted by atomic mass is 32.2. The summed E-state index contributed by atoms with van der Waals surface area (Å²) in [6.07, 6.45) is 0. The molecule has 0 spiro atoms. The lowest BCUT2D eigenvalue weighted by Crippen LogP contribution is -2.27. The second-order valence-electron chi connectivity index (χ2n) is 5.70. The number of allylic oxidation sites excluding steroid dienone is 1. The van der Waals surface area contributed by atoms with Crippen molar-refractivity contribution in [3.05, 3.63) is 71.8 Å². The second kappa shape index (κ2) is 7.48. The summed E-state index contributed by atoms with van der Waals surface area (Å²) in [5.41, 5.74) is 3.79. The van der Waals surface area contributed by atoms with Crippen LogP contribution in [0.2, 0.25) is 0 Å². The van der Waals surface area contributed by atoms with E-state index in [4.69, 9.17) is 0 Å². The lowest BCUT2D eigenvalue weighted by atomic mass is 10.0. The molecular weight excluding hydrogens is 318 g/mol. The zero-order valence-corrected chi connectivity index (χ0v) is 15.0. The minimum Gasteiger partial charge on any atom is -0.207 e. The molecule has 4 heteroatoms. The summed E-state index contributed by atoms with van der Waals surface area (Å²) >= 11 is 0. The van der Waals surface area contributed by atoms with Crippen molar-refractivity contribution in [2.24, 2.45) is 0 Å². The summed E-state index contributed by atoms with van der Waals surface area (Å²) < 4.78 is 26.3. The first-order chi connectivity index (χ1) is 11.3. The summed E-state index contributed by atoms with van der Waals surface area (Å²) in [5.74, 6) is 5.98. The van der Waals surface area contributed by atoms with E-state index in [1.165, 1.54) is 11.4 Å². The quantitative estimate of drug-likeness (QED) is 0.797. The third kappa shape index (κ3) is 4.14. The van der Waals surface area contributed by atoms with Crippen molar-refractivity contribution in [1.82, 2.24) is 4.31 Å². The summed E-state index contributed by atoms with van der Waals surface area (Å²) in [4.78, 5) is 0.278. The van der Waals surface area contributed by atoms with Gasteiger partial charge in [0, 0.05) is 12.6 Å². The van der Waals surface area contributed by atoms with Crippen LogP contribution in [0.15, 0.2) is 60.0 Å². The molecule has 0 amide bonds. The van der Waals surface area contributed by atoms with Crippen LogP contribution in [0.4, 0.5) is 0 Å². The van der Waals surface area contributed by atoms with Crippen molar-refractivity contribution in [2.75, 3.05) is 13.6 Å². The fraction of sp³-hybridized carbons (Fsp3) is 0.200. The molecule has 24 heavy (non-hydrogen) atoms. The third-order valence-electron chi connectivity index (χ3n) is 3.64. The van der Waals surface area contributed by atoms with Crippen LogP contribution in [-0.4, -0.2) is 26.3 Å². The Labute approximate surface area is 144 Å². The van der Waals surface area contributed by atoms with Gasteiger partial charge in [-0.1, -0.05) is 54.3 Å². The molecule has 0 fully saturated rings. The molecule has 0 atom stereocenters. The van der Waals surface area contributed by atoms with Gasteiger partial charge in [0.05, 0.1) is 11.4 Å². The largest absolute Gasteiger partial charge is 0.243 e. The molecule has 2 aromatic carbocycles. The van der Waals surface area contributed by atoms with Gasteiger partial charge in [-0.15, -0.1) is 0 Å². The predicted molar refractivity (Wildman–Crippen MR) is 99.0 cm³/mol. The van der Waals surface area contributed by atoms with Crippen molar-refractivity contribution in [2.45, 2.75) is 18.7 Å². The van der Waals surface area contributed by atoms with Gasteiger partial charge in [0.25, 0.3) is 0 Å². The Kier molecular flexibility index (Phi) is 5.61. The average Bonchev–Trinajstić information content (AvgIpc) is 2.55. The number of hydrogen-bond acceptors (Lipinski definition) is 2. The molecule has 0 aliphatic carbocycles. The van der Waals surface area contributed by atoms with E-state index in [-0.39, 0.29) is 11.4 Å². The highest BCUT2D eigenvalue weighted by Gasteiger charge is 2.19. The average molecular weight is 339 g/mol. The normalized spacial score (nSPS) is 11.0. The number of aryl methyl sites for hydroxylation is 1. The monoisotopic (exact) mass is 339 g/mol. The molecule has 3 nitrogen and oxygen atoms in total. The van der Waals surface area contributed by atoms with Crippen LogP contribution in [0.1, 0.15) is 23.6 Å². The Bertz CT molecular complexity index is 901. The van der Waals surface area contributed by atoms with Crippen molar-refractivity contribution in [3.8, 4) is 11.8 Å². The lowest BCUT2D eigenvalue weighted by molar-refractivity contribution is 0.503. The van der Waals surface area contributed by atoms with E-state index in [9.17, 15) is 8.42 Å². The van der Waals surface area contributed by atoms with Crippen LogP contribution in [0.5, 0.6) is 0 Å². The number of rotatable bonds is 4. The lowest BCUT2D eigenvalue weighted by Gasteiger charge is -2.14. The van der Waals surface area contributed by atoms with Crippen molar-refractivity contribution < 1.29 is 8.42 Å². The molecule has 0 aliphatic heterocycles. The standard InChI is InChI=1S/C20H21NO2S/c1-16(2)20-10-6-5-8-18(20)9-7-15-21(4)24(22,23)19-13-11-17(3)12-14-19/h5-6,8,10-14H,1,15H2,2-4H3. The molecular formula is C20H21NO2S. The molecule has 2 rings (SSSR count). The molecule has 2 aromatic rings. The fourth-order valence-corrected chi connectivity index (χ4v) is 3.26. The molecule has 124 valence electrons. The summed E-state index contributed by atoms with van der Waals surface area (Å²) in [6, 6.07) is 14.5. The Balaban J connectivity index is 2.18. The number of nitrogens with zero attached hydrogens (tertiary/aromatic N) is 1. The zero-order valence-electron chi connectivity index (χ0n) is 14.2.